The summed E-state index contributed by atoms with van der Waals surface area (Å²) in [4.78, 5) is 0. The maximum atomic E-state index is 13.4. The molecule has 0 heterocycles. The molecule has 0 saturated carbocycles. The third-order valence-electron chi connectivity index (χ3n) is 3.40. The van der Waals surface area contributed by atoms with Gasteiger partial charge < -0.3 is 10.1 Å². The zero-order valence-corrected chi connectivity index (χ0v) is 13.8. The number of nitrogens with one attached hydrogen (secondary N) is 1. The summed E-state index contributed by atoms with van der Waals surface area (Å²) in [6.07, 6.45) is 6.09. The van der Waals surface area contributed by atoms with Crippen LogP contribution in [0.3, 0.4) is 0 Å². The minimum atomic E-state index is -0.202. The highest BCUT2D eigenvalue weighted by Gasteiger charge is 2.06. The van der Waals surface area contributed by atoms with Gasteiger partial charge in [-0.3, -0.25) is 0 Å². The summed E-state index contributed by atoms with van der Waals surface area (Å²) in [5.74, 6) is 1.19. The van der Waals surface area contributed by atoms with Gasteiger partial charge in [-0.25, -0.2) is 4.39 Å². The Hall–Kier alpha value is -1.09. The molecule has 0 bridgehead atoms. The second-order valence-electron chi connectivity index (χ2n) is 6.04. The summed E-state index contributed by atoms with van der Waals surface area (Å²) >= 11 is 0. The van der Waals surface area contributed by atoms with Crippen molar-refractivity contribution in [3.63, 3.8) is 0 Å². The van der Waals surface area contributed by atoms with Crippen molar-refractivity contribution in [1.82, 2.24) is 5.32 Å². The van der Waals surface area contributed by atoms with Crippen molar-refractivity contribution in [2.24, 2.45) is 5.92 Å². The SMILES string of the molecule is CCCCCCCOc1ccc(F)cc1CNCC(C)C. The topological polar surface area (TPSA) is 21.3 Å². The van der Waals surface area contributed by atoms with Gasteiger partial charge in [0.25, 0.3) is 0 Å². The van der Waals surface area contributed by atoms with Crippen LogP contribution < -0.4 is 10.1 Å². The minimum Gasteiger partial charge on any atom is -0.493 e. The molecule has 0 aliphatic carbocycles. The predicted octanol–water partition coefficient (Wildman–Crippen LogP) is 4.92. The molecular weight excluding hydrogens is 265 g/mol. The molecule has 2 nitrogen and oxygen atoms in total. The van der Waals surface area contributed by atoms with E-state index in [0.29, 0.717) is 19.1 Å². The number of halogens is 1. The molecule has 1 N–H and O–H groups in total. The van der Waals surface area contributed by atoms with E-state index in [1.807, 2.05) is 0 Å². The molecule has 0 amide bonds. The van der Waals surface area contributed by atoms with Gasteiger partial charge in [0.2, 0.25) is 0 Å². The average molecular weight is 295 g/mol. The molecule has 0 unspecified atom stereocenters. The number of hydrogen-bond acceptors (Lipinski definition) is 2. The zero-order valence-electron chi connectivity index (χ0n) is 13.8. The normalized spacial score (nSPS) is 11.1. The molecule has 0 aliphatic rings. The lowest BCUT2D eigenvalue weighted by Gasteiger charge is -2.13. The lowest BCUT2D eigenvalue weighted by Crippen LogP contribution is -2.19. The first-order valence-corrected chi connectivity index (χ1v) is 8.25. The van der Waals surface area contributed by atoms with E-state index in [2.05, 4.69) is 26.1 Å². The minimum absolute atomic E-state index is 0.202. The van der Waals surface area contributed by atoms with Crippen LogP contribution in [-0.4, -0.2) is 13.2 Å². The van der Waals surface area contributed by atoms with E-state index in [0.717, 1.165) is 24.3 Å². The summed E-state index contributed by atoms with van der Waals surface area (Å²) in [5, 5.41) is 3.34. The van der Waals surface area contributed by atoms with Crippen LogP contribution in [0.4, 0.5) is 4.39 Å². The molecule has 0 spiro atoms. The van der Waals surface area contributed by atoms with Crippen LogP contribution in [0, 0.1) is 11.7 Å². The Morgan fingerprint density at radius 2 is 1.90 bits per heavy atom. The summed E-state index contributed by atoms with van der Waals surface area (Å²) in [6, 6.07) is 4.78. The summed E-state index contributed by atoms with van der Waals surface area (Å²) in [7, 11) is 0. The van der Waals surface area contributed by atoms with Gasteiger partial charge in [-0.1, -0.05) is 46.5 Å². The van der Waals surface area contributed by atoms with Crippen LogP contribution in [0.1, 0.15) is 58.4 Å². The fourth-order valence-corrected chi connectivity index (χ4v) is 2.21. The fraction of sp³-hybridized carbons (Fsp3) is 0.667. The van der Waals surface area contributed by atoms with Gasteiger partial charge in [-0.15, -0.1) is 0 Å². The summed E-state index contributed by atoms with van der Waals surface area (Å²) < 4.78 is 19.2. The highest BCUT2D eigenvalue weighted by molar-refractivity contribution is 5.33. The third-order valence-corrected chi connectivity index (χ3v) is 3.40. The van der Waals surface area contributed by atoms with Crippen LogP contribution in [-0.2, 0) is 6.54 Å². The lowest BCUT2D eigenvalue weighted by atomic mass is 10.1. The maximum absolute atomic E-state index is 13.4. The molecule has 0 aromatic heterocycles. The molecule has 1 aromatic rings. The van der Waals surface area contributed by atoms with Crippen molar-refractivity contribution >= 4 is 0 Å². The maximum Gasteiger partial charge on any atom is 0.123 e. The van der Waals surface area contributed by atoms with Crippen molar-refractivity contribution in [3.8, 4) is 5.75 Å². The zero-order chi connectivity index (χ0) is 15.5. The number of rotatable bonds is 11. The molecule has 0 radical (unpaired) electrons. The largest absolute Gasteiger partial charge is 0.493 e. The standard InChI is InChI=1S/C18H30FNO/c1-4-5-6-7-8-11-21-18-10-9-17(19)12-16(18)14-20-13-15(2)3/h9-10,12,15,20H,4-8,11,13-14H2,1-3H3. The van der Waals surface area contributed by atoms with Crippen molar-refractivity contribution in [2.45, 2.75) is 59.4 Å². The summed E-state index contributed by atoms with van der Waals surface area (Å²) in [6.45, 7) is 8.82. The van der Waals surface area contributed by atoms with Crippen molar-refractivity contribution in [1.29, 1.82) is 0 Å². The molecule has 0 atom stereocenters. The molecule has 3 heteroatoms. The van der Waals surface area contributed by atoms with E-state index in [9.17, 15) is 4.39 Å². The van der Waals surface area contributed by atoms with Crippen LogP contribution >= 0.6 is 0 Å². The average Bonchev–Trinajstić information content (AvgIpc) is 2.44. The fourth-order valence-electron chi connectivity index (χ4n) is 2.21. The molecule has 120 valence electrons. The molecule has 0 fully saturated rings. The van der Waals surface area contributed by atoms with Gasteiger partial charge in [-0.05, 0) is 37.1 Å². The smallest absolute Gasteiger partial charge is 0.123 e. The van der Waals surface area contributed by atoms with Crippen molar-refractivity contribution < 1.29 is 9.13 Å². The first-order valence-electron chi connectivity index (χ1n) is 8.25. The third kappa shape index (κ3) is 8.05. The number of unbranched alkanes of at least 4 members (excludes halogenated alkanes) is 4. The number of ether oxygens (including phenoxy) is 1. The monoisotopic (exact) mass is 295 g/mol. The van der Waals surface area contributed by atoms with Crippen LogP contribution in [0.15, 0.2) is 18.2 Å². The van der Waals surface area contributed by atoms with Crippen molar-refractivity contribution in [2.75, 3.05) is 13.2 Å². The Morgan fingerprint density at radius 1 is 1.14 bits per heavy atom. The molecule has 1 rings (SSSR count). The predicted molar refractivity (Wildman–Crippen MR) is 87.2 cm³/mol. The molecule has 0 saturated heterocycles. The van der Waals surface area contributed by atoms with Crippen LogP contribution in [0.25, 0.3) is 0 Å². The van der Waals surface area contributed by atoms with E-state index in [1.54, 1.807) is 12.1 Å². The summed E-state index contributed by atoms with van der Waals surface area (Å²) in [5.41, 5.74) is 0.907. The van der Waals surface area contributed by atoms with E-state index in [1.165, 1.54) is 31.7 Å². The number of hydrogen-bond donors (Lipinski definition) is 1. The first kappa shape index (κ1) is 18.0. The Morgan fingerprint density at radius 3 is 2.62 bits per heavy atom. The van der Waals surface area contributed by atoms with Gasteiger partial charge in [-0.2, -0.15) is 0 Å². The van der Waals surface area contributed by atoms with Crippen LogP contribution in [0.5, 0.6) is 5.75 Å². The second kappa shape index (κ2) is 10.6. The lowest BCUT2D eigenvalue weighted by molar-refractivity contribution is 0.300. The first-order chi connectivity index (χ1) is 10.1. The Labute approximate surface area is 129 Å². The van der Waals surface area contributed by atoms with E-state index >= 15 is 0 Å². The van der Waals surface area contributed by atoms with Crippen molar-refractivity contribution in [3.05, 3.63) is 29.6 Å². The molecular formula is C18H30FNO. The molecule has 1 aromatic carbocycles. The highest BCUT2D eigenvalue weighted by Crippen LogP contribution is 2.20. The van der Waals surface area contributed by atoms with E-state index in [-0.39, 0.29) is 5.82 Å². The van der Waals surface area contributed by atoms with Gasteiger partial charge in [0, 0.05) is 12.1 Å². The molecule has 21 heavy (non-hydrogen) atoms. The van der Waals surface area contributed by atoms with E-state index in [4.69, 9.17) is 4.74 Å². The second-order valence-corrected chi connectivity index (χ2v) is 6.04. The van der Waals surface area contributed by atoms with Gasteiger partial charge in [0.1, 0.15) is 11.6 Å². The molecule has 0 aliphatic heterocycles. The Kier molecular flexibility index (Phi) is 9.07. The quantitative estimate of drug-likeness (QED) is 0.585. The highest BCUT2D eigenvalue weighted by atomic mass is 19.1. The van der Waals surface area contributed by atoms with Crippen LogP contribution in [0.2, 0.25) is 0 Å². The van der Waals surface area contributed by atoms with Gasteiger partial charge >= 0.3 is 0 Å². The van der Waals surface area contributed by atoms with Gasteiger partial charge in [0.15, 0.2) is 0 Å². The Bertz CT molecular complexity index is 393. The number of benzene rings is 1. The van der Waals surface area contributed by atoms with E-state index < -0.39 is 0 Å². The Balaban J connectivity index is 2.40. The van der Waals surface area contributed by atoms with Gasteiger partial charge in [0.05, 0.1) is 6.61 Å².